The Morgan fingerprint density at radius 3 is 2.68 bits per heavy atom. The first-order valence-electron chi connectivity index (χ1n) is 7.97. The lowest BCUT2D eigenvalue weighted by molar-refractivity contribution is -0.116. The number of carbonyl (C=O) groups excluding carboxylic acids is 1. The van der Waals surface area contributed by atoms with Crippen molar-refractivity contribution in [3.8, 4) is 16.9 Å². The van der Waals surface area contributed by atoms with Gasteiger partial charge < -0.3 is 10.1 Å². The standard InChI is InChI=1S/C20H16ClNO2S/c1-24-17-5-3-2-4-14(17)15-10-18(23)22-19-16(11-25-20(15)19)12-6-8-13(21)9-7-12/h2-9,11,15H,10H2,1H3,(H,22,23)/t15-/m0/s1. The molecule has 1 N–H and O–H groups in total. The number of carbonyl (C=O) groups is 1. The van der Waals surface area contributed by atoms with E-state index in [2.05, 4.69) is 10.7 Å². The lowest BCUT2D eigenvalue weighted by Gasteiger charge is -2.25. The van der Waals surface area contributed by atoms with E-state index in [4.69, 9.17) is 16.3 Å². The summed E-state index contributed by atoms with van der Waals surface area (Å²) < 4.78 is 5.51. The van der Waals surface area contributed by atoms with Crippen molar-refractivity contribution < 1.29 is 9.53 Å². The largest absolute Gasteiger partial charge is 0.496 e. The van der Waals surface area contributed by atoms with Crippen LogP contribution in [0.2, 0.25) is 5.02 Å². The van der Waals surface area contributed by atoms with Gasteiger partial charge in [0, 0.05) is 38.7 Å². The summed E-state index contributed by atoms with van der Waals surface area (Å²) in [5.74, 6) is 0.845. The number of benzene rings is 2. The summed E-state index contributed by atoms with van der Waals surface area (Å²) in [6.45, 7) is 0. The van der Waals surface area contributed by atoms with Crippen LogP contribution in [0, 0.1) is 0 Å². The number of thiophene rings is 1. The zero-order chi connectivity index (χ0) is 17.4. The molecule has 126 valence electrons. The van der Waals surface area contributed by atoms with Crippen LogP contribution >= 0.6 is 22.9 Å². The Morgan fingerprint density at radius 2 is 1.92 bits per heavy atom. The van der Waals surface area contributed by atoms with Crippen molar-refractivity contribution in [1.82, 2.24) is 0 Å². The first kappa shape index (κ1) is 16.2. The first-order chi connectivity index (χ1) is 12.2. The van der Waals surface area contributed by atoms with E-state index in [0.717, 1.165) is 33.0 Å². The summed E-state index contributed by atoms with van der Waals surface area (Å²) in [6, 6.07) is 15.6. The number of halogens is 1. The van der Waals surface area contributed by atoms with Crippen molar-refractivity contribution in [2.45, 2.75) is 12.3 Å². The van der Waals surface area contributed by atoms with Crippen LogP contribution in [0.15, 0.2) is 53.9 Å². The van der Waals surface area contributed by atoms with E-state index in [-0.39, 0.29) is 11.8 Å². The van der Waals surface area contributed by atoms with Crippen molar-refractivity contribution >= 4 is 34.5 Å². The molecule has 1 atom stereocenters. The van der Waals surface area contributed by atoms with Gasteiger partial charge in [-0.2, -0.15) is 0 Å². The number of amides is 1. The summed E-state index contributed by atoms with van der Waals surface area (Å²) in [5.41, 5.74) is 4.03. The summed E-state index contributed by atoms with van der Waals surface area (Å²) in [4.78, 5) is 13.5. The molecule has 1 amide bonds. The maximum atomic E-state index is 12.4. The number of anilines is 1. The molecule has 1 aromatic heterocycles. The topological polar surface area (TPSA) is 38.3 Å². The number of methoxy groups -OCH3 is 1. The SMILES string of the molecule is COc1ccccc1[C@@H]1CC(=O)Nc2c(-c3ccc(Cl)cc3)csc21. The number of rotatable bonds is 3. The highest BCUT2D eigenvalue weighted by atomic mass is 35.5. The third kappa shape index (κ3) is 2.92. The smallest absolute Gasteiger partial charge is 0.225 e. The molecule has 1 aliphatic rings. The van der Waals surface area contributed by atoms with E-state index in [1.54, 1.807) is 18.4 Å². The minimum atomic E-state index is 0.00551. The third-order valence-electron chi connectivity index (χ3n) is 4.46. The van der Waals surface area contributed by atoms with Gasteiger partial charge in [-0.3, -0.25) is 4.79 Å². The fourth-order valence-corrected chi connectivity index (χ4v) is 4.55. The minimum absolute atomic E-state index is 0.00551. The fraction of sp³-hybridized carbons (Fsp3) is 0.150. The van der Waals surface area contributed by atoms with Crippen molar-refractivity contribution in [3.05, 3.63) is 69.4 Å². The molecule has 1 aliphatic heterocycles. The second-order valence-corrected chi connectivity index (χ2v) is 7.29. The van der Waals surface area contributed by atoms with Gasteiger partial charge in [-0.15, -0.1) is 11.3 Å². The van der Waals surface area contributed by atoms with Gasteiger partial charge in [-0.25, -0.2) is 0 Å². The quantitative estimate of drug-likeness (QED) is 0.657. The van der Waals surface area contributed by atoms with Crippen LogP contribution in [0.3, 0.4) is 0 Å². The molecule has 2 aromatic carbocycles. The van der Waals surface area contributed by atoms with E-state index in [9.17, 15) is 4.79 Å². The number of para-hydroxylation sites is 1. The number of nitrogens with one attached hydrogen (secondary N) is 1. The second-order valence-electron chi connectivity index (χ2n) is 5.94. The highest BCUT2D eigenvalue weighted by Gasteiger charge is 2.31. The lowest BCUT2D eigenvalue weighted by atomic mass is 9.88. The molecular formula is C20H16ClNO2S. The highest BCUT2D eigenvalue weighted by Crippen LogP contribution is 2.48. The molecule has 0 aliphatic carbocycles. The van der Waals surface area contributed by atoms with E-state index in [1.165, 1.54) is 0 Å². The molecule has 0 spiro atoms. The summed E-state index contributed by atoms with van der Waals surface area (Å²) in [5, 5.41) is 5.85. The van der Waals surface area contributed by atoms with Gasteiger partial charge in [0.1, 0.15) is 5.75 Å². The van der Waals surface area contributed by atoms with E-state index in [0.29, 0.717) is 11.4 Å². The molecule has 2 heterocycles. The van der Waals surface area contributed by atoms with Gasteiger partial charge in [0.2, 0.25) is 5.91 Å². The van der Waals surface area contributed by atoms with Gasteiger partial charge in [0.05, 0.1) is 12.8 Å². The third-order valence-corrected chi connectivity index (χ3v) is 5.81. The van der Waals surface area contributed by atoms with Gasteiger partial charge in [0.25, 0.3) is 0 Å². The normalized spacial score (nSPS) is 16.2. The molecule has 25 heavy (non-hydrogen) atoms. The maximum Gasteiger partial charge on any atom is 0.225 e. The molecule has 3 aromatic rings. The number of fused-ring (bicyclic) bond motifs is 1. The molecule has 4 rings (SSSR count). The Hall–Kier alpha value is -2.30. The molecule has 0 bridgehead atoms. The Labute approximate surface area is 155 Å². The molecule has 0 saturated heterocycles. The summed E-state index contributed by atoms with van der Waals surface area (Å²) in [6.07, 6.45) is 0.425. The zero-order valence-electron chi connectivity index (χ0n) is 13.6. The van der Waals surface area contributed by atoms with Crippen LogP contribution in [0.1, 0.15) is 22.8 Å². The molecule has 0 fully saturated rings. The second kappa shape index (κ2) is 6.54. The molecule has 5 heteroatoms. The molecule has 0 saturated carbocycles. The van der Waals surface area contributed by atoms with Crippen LogP contribution in [0.25, 0.3) is 11.1 Å². The Balaban J connectivity index is 1.83. The average Bonchev–Trinajstić information content (AvgIpc) is 3.05. The predicted molar refractivity (Wildman–Crippen MR) is 103 cm³/mol. The van der Waals surface area contributed by atoms with E-state index in [1.807, 2.05) is 48.5 Å². The van der Waals surface area contributed by atoms with Crippen molar-refractivity contribution in [3.63, 3.8) is 0 Å². The molecule has 3 nitrogen and oxygen atoms in total. The predicted octanol–water partition coefficient (Wildman–Crippen LogP) is 5.55. The van der Waals surface area contributed by atoms with Crippen molar-refractivity contribution in [2.24, 2.45) is 0 Å². The van der Waals surface area contributed by atoms with E-state index < -0.39 is 0 Å². The van der Waals surface area contributed by atoms with Crippen LogP contribution < -0.4 is 10.1 Å². The van der Waals surface area contributed by atoms with E-state index >= 15 is 0 Å². The first-order valence-corrected chi connectivity index (χ1v) is 9.23. The van der Waals surface area contributed by atoms with Crippen molar-refractivity contribution in [2.75, 3.05) is 12.4 Å². The van der Waals surface area contributed by atoms with Crippen molar-refractivity contribution in [1.29, 1.82) is 0 Å². The Kier molecular flexibility index (Phi) is 4.24. The lowest BCUT2D eigenvalue weighted by Crippen LogP contribution is -2.22. The number of ether oxygens (including phenoxy) is 1. The van der Waals surface area contributed by atoms with Gasteiger partial charge >= 0.3 is 0 Å². The van der Waals surface area contributed by atoms with Crippen LogP contribution in [-0.2, 0) is 4.79 Å². The number of hydrogen-bond acceptors (Lipinski definition) is 3. The molecular weight excluding hydrogens is 354 g/mol. The zero-order valence-corrected chi connectivity index (χ0v) is 15.2. The van der Waals surface area contributed by atoms with Crippen LogP contribution in [0.5, 0.6) is 5.75 Å². The maximum absolute atomic E-state index is 12.4. The summed E-state index contributed by atoms with van der Waals surface area (Å²) in [7, 11) is 1.66. The van der Waals surface area contributed by atoms with Gasteiger partial charge in [-0.05, 0) is 23.8 Å². The van der Waals surface area contributed by atoms with Crippen LogP contribution in [-0.4, -0.2) is 13.0 Å². The monoisotopic (exact) mass is 369 g/mol. The molecule has 0 radical (unpaired) electrons. The molecule has 0 unspecified atom stereocenters. The van der Waals surface area contributed by atoms with Gasteiger partial charge in [0.15, 0.2) is 0 Å². The fourth-order valence-electron chi connectivity index (χ4n) is 3.27. The van der Waals surface area contributed by atoms with Crippen LogP contribution in [0.4, 0.5) is 5.69 Å². The highest BCUT2D eigenvalue weighted by molar-refractivity contribution is 7.11. The summed E-state index contributed by atoms with van der Waals surface area (Å²) >= 11 is 7.67. The Morgan fingerprint density at radius 1 is 1.16 bits per heavy atom. The average molecular weight is 370 g/mol. The number of hydrogen-bond donors (Lipinski definition) is 1. The minimum Gasteiger partial charge on any atom is -0.496 e. The Bertz CT molecular complexity index is 933. The van der Waals surface area contributed by atoms with Gasteiger partial charge in [-0.1, -0.05) is 41.9 Å².